The number of halogens is 3. The standard InChI is InChI=1S/C19H15Br2FN2O2/c1-24(2)19(25)14(10-23)6-13-8-16(20)18(17(21)9-13)26-11-12-4-3-5-15(22)7-12/h3-9H,11H2,1-2H3/b14-6-. The Labute approximate surface area is 168 Å². The van der Waals surface area contributed by atoms with Gasteiger partial charge < -0.3 is 9.64 Å². The highest BCUT2D eigenvalue weighted by Crippen LogP contribution is 2.36. The van der Waals surface area contributed by atoms with E-state index >= 15 is 0 Å². The number of rotatable bonds is 5. The fourth-order valence-electron chi connectivity index (χ4n) is 2.13. The minimum atomic E-state index is -0.369. The number of hydrogen-bond acceptors (Lipinski definition) is 3. The summed E-state index contributed by atoms with van der Waals surface area (Å²) >= 11 is 6.85. The van der Waals surface area contributed by atoms with E-state index in [1.54, 1.807) is 38.4 Å². The number of hydrogen-bond donors (Lipinski definition) is 0. The van der Waals surface area contributed by atoms with Gasteiger partial charge in [-0.2, -0.15) is 5.26 Å². The number of nitriles is 1. The molecule has 0 unspecified atom stereocenters. The lowest BCUT2D eigenvalue weighted by Crippen LogP contribution is -2.22. The zero-order valence-electron chi connectivity index (χ0n) is 14.1. The molecule has 0 saturated carbocycles. The molecule has 0 saturated heterocycles. The van der Waals surface area contributed by atoms with Crippen molar-refractivity contribution in [2.75, 3.05) is 14.1 Å². The minimum absolute atomic E-state index is 0.0298. The van der Waals surface area contributed by atoms with E-state index in [0.29, 0.717) is 25.8 Å². The molecule has 2 aromatic rings. The first-order chi connectivity index (χ1) is 12.3. The van der Waals surface area contributed by atoms with E-state index in [2.05, 4.69) is 31.9 Å². The van der Waals surface area contributed by atoms with Crippen LogP contribution in [0.4, 0.5) is 4.39 Å². The molecule has 1 amide bonds. The molecule has 0 fully saturated rings. The number of amides is 1. The summed E-state index contributed by atoms with van der Waals surface area (Å²) < 4.78 is 20.3. The van der Waals surface area contributed by atoms with Gasteiger partial charge in [-0.1, -0.05) is 12.1 Å². The smallest absolute Gasteiger partial charge is 0.264 e. The van der Waals surface area contributed by atoms with E-state index in [0.717, 1.165) is 0 Å². The number of carbonyl (C=O) groups is 1. The number of nitrogens with zero attached hydrogens (tertiary/aromatic N) is 2. The van der Waals surface area contributed by atoms with E-state index in [4.69, 9.17) is 4.74 Å². The van der Waals surface area contributed by atoms with Crippen molar-refractivity contribution in [3.05, 3.63) is 67.9 Å². The molecule has 2 aromatic carbocycles. The average molecular weight is 482 g/mol. The third-order valence-corrected chi connectivity index (χ3v) is 4.54. The van der Waals surface area contributed by atoms with Crippen molar-refractivity contribution in [3.8, 4) is 11.8 Å². The molecule has 0 spiro atoms. The molecule has 2 rings (SSSR count). The monoisotopic (exact) mass is 480 g/mol. The van der Waals surface area contributed by atoms with Crippen LogP contribution in [-0.2, 0) is 11.4 Å². The average Bonchev–Trinajstić information content (AvgIpc) is 2.58. The SMILES string of the molecule is CN(C)C(=O)/C(C#N)=C\c1cc(Br)c(OCc2cccc(F)c2)c(Br)c1. The second kappa shape index (κ2) is 8.97. The highest BCUT2D eigenvalue weighted by molar-refractivity contribution is 9.11. The van der Waals surface area contributed by atoms with Crippen molar-refractivity contribution in [3.63, 3.8) is 0 Å². The molecule has 0 aliphatic carbocycles. The molecule has 7 heteroatoms. The molecule has 0 aromatic heterocycles. The summed E-state index contributed by atoms with van der Waals surface area (Å²) in [5.41, 5.74) is 1.40. The first-order valence-electron chi connectivity index (χ1n) is 7.51. The van der Waals surface area contributed by atoms with Crippen molar-refractivity contribution in [2.45, 2.75) is 6.61 Å². The fourth-order valence-corrected chi connectivity index (χ4v) is 3.58. The Balaban J connectivity index is 2.25. The van der Waals surface area contributed by atoms with Gasteiger partial charge >= 0.3 is 0 Å². The minimum Gasteiger partial charge on any atom is -0.487 e. The van der Waals surface area contributed by atoms with Gasteiger partial charge in [-0.3, -0.25) is 4.79 Å². The molecule has 0 radical (unpaired) electrons. The molecular weight excluding hydrogens is 467 g/mol. The lowest BCUT2D eigenvalue weighted by molar-refractivity contribution is -0.124. The molecule has 0 aliphatic heterocycles. The predicted molar refractivity (Wildman–Crippen MR) is 105 cm³/mol. The van der Waals surface area contributed by atoms with Crippen LogP contribution in [0.1, 0.15) is 11.1 Å². The van der Waals surface area contributed by atoms with E-state index in [1.165, 1.54) is 23.1 Å². The summed E-state index contributed by atoms with van der Waals surface area (Å²) in [6.45, 7) is 0.201. The zero-order valence-corrected chi connectivity index (χ0v) is 17.3. The summed E-state index contributed by atoms with van der Waals surface area (Å²) in [7, 11) is 3.17. The van der Waals surface area contributed by atoms with Gasteiger partial charge in [0, 0.05) is 14.1 Å². The third kappa shape index (κ3) is 5.16. The molecular formula is C19H15Br2FN2O2. The van der Waals surface area contributed by atoms with E-state index in [9.17, 15) is 14.4 Å². The Morgan fingerprint density at radius 2 is 1.92 bits per heavy atom. The van der Waals surface area contributed by atoms with Gasteiger partial charge in [-0.05, 0) is 73.3 Å². The van der Waals surface area contributed by atoms with Gasteiger partial charge in [0.25, 0.3) is 5.91 Å². The second-order valence-corrected chi connectivity index (χ2v) is 7.31. The number of carbonyl (C=O) groups excluding carboxylic acids is 1. The quantitative estimate of drug-likeness (QED) is 0.449. The van der Waals surface area contributed by atoms with Crippen molar-refractivity contribution in [1.29, 1.82) is 5.26 Å². The summed E-state index contributed by atoms with van der Waals surface area (Å²) in [4.78, 5) is 13.3. The van der Waals surface area contributed by atoms with Crippen molar-refractivity contribution in [2.24, 2.45) is 0 Å². The Hall–Kier alpha value is -2.17. The van der Waals surface area contributed by atoms with Crippen LogP contribution in [0.5, 0.6) is 5.75 Å². The zero-order chi connectivity index (χ0) is 19.3. The Morgan fingerprint density at radius 1 is 1.27 bits per heavy atom. The van der Waals surface area contributed by atoms with Crippen LogP contribution in [0, 0.1) is 17.1 Å². The Bertz CT molecular complexity index is 882. The van der Waals surface area contributed by atoms with Gasteiger partial charge in [0.2, 0.25) is 0 Å². The Morgan fingerprint density at radius 3 is 2.46 bits per heavy atom. The molecule has 0 atom stereocenters. The van der Waals surface area contributed by atoms with Gasteiger partial charge in [0.05, 0.1) is 8.95 Å². The molecule has 0 aliphatic rings. The number of benzene rings is 2. The molecule has 0 N–H and O–H groups in total. The van der Waals surface area contributed by atoms with Gasteiger partial charge in [0.1, 0.15) is 29.8 Å². The molecule has 26 heavy (non-hydrogen) atoms. The van der Waals surface area contributed by atoms with Gasteiger partial charge in [0.15, 0.2) is 0 Å². The van der Waals surface area contributed by atoms with Crippen LogP contribution in [-0.4, -0.2) is 24.9 Å². The summed E-state index contributed by atoms with van der Waals surface area (Å²) in [5, 5.41) is 9.19. The van der Waals surface area contributed by atoms with Crippen molar-refractivity contribution < 1.29 is 13.9 Å². The lowest BCUT2D eigenvalue weighted by Gasteiger charge is -2.12. The highest BCUT2D eigenvalue weighted by atomic mass is 79.9. The first-order valence-corrected chi connectivity index (χ1v) is 9.10. The van der Waals surface area contributed by atoms with Gasteiger partial charge in [-0.15, -0.1) is 0 Å². The number of ether oxygens (including phenoxy) is 1. The van der Waals surface area contributed by atoms with Crippen LogP contribution in [0.3, 0.4) is 0 Å². The van der Waals surface area contributed by atoms with E-state index < -0.39 is 0 Å². The summed E-state index contributed by atoms with van der Waals surface area (Å²) in [6.07, 6.45) is 1.51. The van der Waals surface area contributed by atoms with Crippen LogP contribution < -0.4 is 4.74 Å². The topological polar surface area (TPSA) is 53.3 Å². The predicted octanol–water partition coefficient (Wildman–Crippen LogP) is 4.92. The van der Waals surface area contributed by atoms with E-state index in [-0.39, 0.29) is 23.9 Å². The Kier molecular flexibility index (Phi) is 6.95. The van der Waals surface area contributed by atoms with Crippen LogP contribution in [0.2, 0.25) is 0 Å². The van der Waals surface area contributed by atoms with Crippen LogP contribution in [0.25, 0.3) is 6.08 Å². The molecule has 0 heterocycles. The van der Waals surface area contributed by atoms with Crippen LogP contribution in [0.15, 0.2) is 50.9 Å². The van der Waals surface area contributed by atoms with Gasteiger partial charge in [-0.25, -0.2) is 4.39 Å². The number of likely N-dealkylation sites (N-methyl/N-ethyl adjacent to an activating group) is 1. The van der Waals surface area contributed by atoms with Crippen molar-refractivity contribution >= 4 is 43.8 Å². The molecule has 0 bridgehead atoms. The maximum Gasteiger partial charge on any atom is 0.264 e. The second-order valence-electron chi connectivity index (χ2n) is 5.60. The van der Waals surface area contributed by atoms with Crippen LogP contribution >= 0.6 is 31.9 Å². The maximum absolute atomic E-state index is 13.2. The lowest BCUT2D eigenvalue weighted by atomic mass is 10.1. The molecule has 4 nitrogen and oxygen atoms in total. The largest absolute Gasteiger partial charge is 0.487 e. The summed E-state index contributed by atoms with van der Waals surface area (Å²) in [6, 6.07) is 11.6. The normalized spacial score (nSPS) is 11.0. The molecule has 134 valence electrons. The first kappa shape index (κ1) is 20.1. The fraction of sp³-hybridized carbons (Fsp3) is 0.158. The maximum atomic E-state index is 13.2. The third-order valence-electron chi connectivity index (χ3n) is 3.36. The summed E-state index contributed by atoms with van der Waals surface area (Å²) in [5.74, 6) is -0.144. The van der Waals surface area contributed by atoms with Crippen molar-refractivity contribution in [1.82, 2.24) is 4.90 Å². The highest BCUT2D eigenvalue weighted by Gasteiger charge is 2.13. The van der Waals surface area contributed by atoms with E-state index in [1.807, 2.05) is 6.07 Å².